The first-order chi connectivity index (χ1) is 11.0. The van der Waals surface area contributed by atoms with E-state index in [2.05, 4.69) is 6.58 Å². The van der Waals surface area contributed by atoms with Crippen molar-refractivity contribution in [1.29, 1.82) is 0 Å². The fraction of sp³-hybridized carbons (Fsp3) is 0.588. The van der Waals surface area contributed by atoms with E-state index in [4.69, 9.17) is 4.84 Å². The highest BCUT2D eigenvalue weighted by molar-refractivity contribution is 5.90. The van der Waals surface area contributed by atoms with Gasteiger partial charge in [-0.2, -0.15) is 0 Å². The summed E-state index contributed by atoms with van der Waals surface area (Å²) < 4.78 is 0. The lowest BCUT2D eigenvalue weighted by molar-refractivity contribution is -0.186. The SMILES string of the molecule is C=C1CCC(=O)N1OC(=O)CCCCCC1CC(=O)C=CC1O. The van der Waals surface area contributed by atoms with Crippen LogP contribution in [0.25, 0.3) is 0 Å². The van der Waals surface area contributed by atoms with Crippen LogP contribution in [0.1, 0.15) is 51.4 Å². The van der Waals surface area contributed by atoms with E-state index < -0.39 is 12.1 Å². The van der Waals surface area contributed by atoms with E-state index in [1.54, 1.807) is 6.08 Å². The monoisotopic (exact) mass is 321 g/mol. The molecule has 126 valence electrons. The molecule has 23 heavy (non-hydrogen) atoms. The van der Waals surface area contributed by atoms with Crippen LogP contribution in [0.2, 0.25) is 0 Å². The molecule has 0 aromatic carbocycles. The van der Waals surface area contributed by atoms with Gasteiger partial charge in [-0.3, -0.25) is 9.59 Å². The molecular formula is C17H23NO5. The maximum absolute atomic E-state index is 11.7. The molecular weight excluding hydrogens is 298 g/mol. The van der Waals surface area contributed by atoms with Crippen LogP contribution in [0, 0.1) is 5.92 Å². The summed E-state index contributed by atoms with van der Waals surface area (Å²) in [7, 11) is 0. The highest BCUT2D eigenvalue weighted by atomic mass is 16.7. The molecule has 0 saturated carbocycles. The second-order valence-electron chi connectivity index (χ2n) is 6.10. The van der Waals surface area contributed by atoms with E-state index in [1.165, 1.54) is 6.08 Å². The maximum atomic E-state index is 11.7. The average molecular weight is 321 g/mol. The van der Waals surface area contributed by atoms with Crippen LogP contribution in [0.15, 0.2) is 24.4 Å². The largest absolute Gasteiger partial charge is 0.389 e. The summed E-state index contributed by atoms with van der Waals surface area (Å²) >= 11 is 0. The number of aliphatic hydroxyl groups is 1. The Morgan fingerprint density at radius 3 is 2.78 bits per heavy atom. The Kier molecular flexibility index (Phi) is 6.10. The van der Waals surface area contributed by atoms with Crippen molar-refractivity contribution in [1.82, 2.24) is 5.06 Å². The normalized spacial score (nSPS) is 24.4. The van der Waals surface area contributed by atoms with Crippen molar-refractivity contribution in [3.63, 3.8) is 0 Å². The standard InChI is InChI=1S/C17H23NO5/c1-12-7-10-16(21)18(12)23-17(22)6-4-2-3-5-13-11-14(19)8-9-15(13)20/h8-9,13,15,20H,1-7,10-11H2. The number of carbonyl (C=O) groups excluding carboxylic acids is 3. The van der Waals surface area contributed by atoms with Gasteiger partial charge in [0.1, 0.15) is 0 Å². The number of nitrogens with zero attached hydrogens (tertiary/aromatic N) is 1. The van der Waals surface area contributed by atoms with E-state index in [9.17, 15) is 19.5 Å². The van der Waals surface area contributed by atoms with Crippen LogP contribution >= 0.6 is 0 Å². The lowest BCUT2D eigenvalue weighted by Gasteiger charge is -2.22. The molecule has 2 rings (SSSR count). The quantitative estimate of drug-likeness (QED) is 0.725. The number of ketones is 1. The Morgan fingerprint density at radius 2 is 2.09 bits per heavy atom. The van der Waals surface area contributed by atoms with Crippen LogP contribution < -0.4 is 0 Å². The van der Waals surface area contributed by atoms with E-state index in [-0.39, 0.29) is 24.0 Å². The van der Waals surface area contributed by atoms with Gasteiger partial charge in [0.15, 0.2) is 5.78 Å². The number of rotatable bonds is 7. The predicted octanol–water partition coefficient (Wildman–Crippen LogP) is 2.04. The van der Waals surface area contributed by atoms with Crippen molar-refractivity contribution in [3.8, 4) is 0 Å². The topological polar surface area (TPSA) is 83.9 Å². The number of aliphatic hydroxyl groups excluding tert-OH is 1. The maximum Gasteiger partial charge on any atom is 0.333 e. The zero-order valence-corrected chi connectivity index (χ0v) is 13.2. The van der Waals surface area contributed by atoms with Gasteiger partial charge in [-0.25, -0.2) is 4.79 Å². The Morgan fingerprint density at radius 1 is 1.30 bits per heavy atom. The smallest absolute Gasteiger partial charge is 0.333 e. The van der Waals surface area contributed by atoms with Crippen molar-refractivity contribution in [2.24, 2.45) is 5.92 Å². The zero-order chi connectivity index (χ0) is 16.8. The molecule has 2 atom stereocenters. The number of amides is 1. The van der Waals surface area contributed by atoms with Gasteiger partial charge in [0.25, 0.3) is 5.91 Å². The third-order valence-electron chi connectivity index (χ3n) is 4.22. The minimum Gasteiger partial charge on any atom is -0.389 e. The Bertz CT molecular complexity index is 509. The van der Waals surface area contributed by atoms with Gasteiger partial charge >= 0.3 is 5.97 Å². The molecule has 6 heteroatoms. The van der Waals surface area contributed by atoms with Crippen LogP contribution in [0.5, 0.6) is 0 Å². The third kappa shape index (κ3) is 5.03. The Labute approximate surface area is 135 Å². The highest BCUT2D eigenvalue weighted by Gasteiger charge is 2.28. The minimum atomic E-state index is -0.551. The first kappa shape index (κ1) is 17.4. The molecule has 1 fully saturated rings. The van der Waals surface area contributed by atoms with Gasteiger partial charge < -0.3 is 9.94 Å². The number of allylic oxidation sites excluding steroid dienone is 2. The molecule has 0 aromatic rings. The van der Waals surface area contributed by atoms with Gasteiger partial charge in [-0.1, -0.05) is 25.5 Å². The lowest BCUT2D eigenvalue weighted by Crippen LogP contribution is -2.26. The first-order valence-electron chi connectivity index (χ1n) is 8.08. The fourth-order valence-electron chi connectivity index (χ4n) is 2.83. The fourth-order valence-corrected chi connectivity index (χ4v) is 2.83. The van der Waals surface area contributed by atoms with Crippen molar-refractivity contribution in [3.05, 3.63) is 24.4 Å². The summed E-state index contributed by atoms with van der Waals surface area (Å²) in [6.45, 7) is 3.68. The lowest BCUT2D eigenvalue weighted by atomic mass is 9.86. The van der Waals surface area contributed by atoms with Gasteiger partial charge in [-0.15, -0.1) is 5.06 Å². The Hall–Kier alpha value is -1.95. The molecule has 2 unspecified atom stereocenters. The van der Waals surface area contributed by atoms with E-state index >= 15 is 0 Å². The van der Waals surface area contributed by atoms with Crippen LogP contribution in [-0.4, -0.2) is 33.9 Å². The third-order valence-corrected chi connectivity index (χ3v) is 4.22. The van der Waals surface area contributed by atoms with E-state index in [0.29, 0.717) is 31.4 Å². The highest BCUT2D eigenvalue weighted by Crippen LogP contribution is 2.24. The number of hydroxylamine groups is 2. The van der Waals surface area contributed by atoms with E-state index in [1.807, 2.05) is 0 Å². The van der Waals surface area contributed by atoms with Crippen molar-refractivity contribution < 1.29 is 24.3 Å². The molecule has 1 aliphatic heterocycles. The molecule has 1 aliphatic carbocycles. The first-order valence-corrected chi connectivity index (χ1v) is 8.08. The minimum absolute atomic E-state index is 0.0232. The summed E-state index contributed by atoms with van der Waals surface area (Å²) in [6, 6.07) is 0. The molecule has 1 saturated heterocycles. The Balaban J connectivity index is 1.59. The van der Waals surface area contributed by atoms with Crippen LogP contribution in [0.4, 0.5) is 0 Å². The van der Waals surface area contributed by atoms with Crippen LogP contribution in [0.3, 0.4) is 0 Å². The van der Waals surface area contributed by atoms with Crippen LogP contribution in [-0.2, 0) is 19.2 Å². The van der Waals surface area contributed by atoms with E-state index in [0.717, 1.165) is 24.3 Å². The van der Waals surface area contributed by atoms with Crippen molar-refractivity contribution in [2.45, 2.75) is 57.5 Å². The number of unbranched alkanes of at least 4 members (excludes halogenated alkanes) is 2. The molecule has 1 amide bonds. The molecule has 6 nitrogen and oxygen atoms in total. The second-order valence-corrected chi connectivity index (χ2v) is 6.10. The number of hydrogen-bond acceptors (Lipinski definition) is 5. The molecule has 0 spiro atoms. The molecule has 2 aliphatic rings. The summed E-state index contributed by atoms with van der Waals surface area (Å²) in [6.07, 6.45) is 6.99. The summed E-state index contributed by atoms with van der Waals surface area (Å²) in [5.41, 5.74) is 0.521. The average Bonchev–Trinajstić information content (AvgIpc) is 2.82. The number of hydrogen-bond donors (Lipinski definition) is 1. The van der Waals surface area contributed by atoms with Gasteiger partial charge in [-0.05, 0) is 31.3 Å². The predicted molar refractivity (Wildman–Crippen MR) is 82.7 cm³/mol. The van der Waals surface area contributed by atoms with Crippen molar-refractivity contribution >= 4 is 17.7 Å². The second kappa shape index (κ2) is 8.06. The van der Waals surface area contributed by atoms with Gasteiger partial charge in [0.05, 0.1) is 11.8 Å². The molecule has 1 heterocycles. The molecule has 0 radical (unpaired) electrons. The zero-order valence-electron chi connectivity index (χ0n) is 13.2. The number of carbonyl (C=O) groups is 3. The summed E-state index contributed by atoms with van der Waals surface area (Å²) in [5, 5.41) is 10.8. The summed E-state index contributed by atoms with van der Waals surface area (Å²) in [4.78, 5) is 39.5. The van der Waals surface area contributed by atoms with Gasteiger partial charge in [0.2, 0.25) is 0 Å². The molecule has 0 bridgehead atoms. The molecule has 1 N–H and O–H groups in total. The van der Waals surface area contributed by atoms with Crippen molar-refractivity contribution in [2.75, 3.05) is 0 Å². The molecule has 0 aromatic heterocycles. The van der Waals surface area contributed by atoms with Gasteiger partial charge in [0, 0.05) is 19.3 Å². The summed E-state index contributed by atoms with van der Waals surface area (Å²) in [5.74, 6) is -0.631.